The number of hydrogen-bond acceptors (Lipinski definition) is 2. The molecule has 2 atom stereocenters. The summed E-state index contributed by atoms with van der Waals surface area (Å²) in [6, 6.07) is 3.49. The van der Waals surface area contributed by atoms with Gasteiger partial charge in [0.15, 0.2) is 0 Å². The lowest BCUT2D eigenvalue weighted by atomic mass is 9.99. The largest absolute Gasteiger partial charge is 0.387 e. The highest BCUT2D eigenvalue weighted by Crippen LogP contribution is 2.25. The number of aryl methyl sites for hydroxylation is 2. The summed E-state index contributed by atoms with van der Waals surface area (Å²) >= 11 is 6.02. The maximum absolute atomic E-state index is 9.77. The minimum Gasteiger partial charge on any atom is -0.387 e. The van der Waals surface area contributed by atoms with E-state index in [4.69, 9.17) is 17.3 Å². The molecule has 1 rings (SSSR count). The highest BCUT2D eigenvalue weighted by Gasteiger charge is 2.14. The van der Waals surface area contributed by atoms with Crippen molar-refractivity contribution in [2.75, 3.05) is 0 Å². The number of aliphatic hydroxyl groups excluding tert-OH is 1. The zero-order valence-electron chi connectivity index (χ0n) is 8.71. The van der Waals surface area contributed by atoms with Gasteiger partial charge in [-0.3, -0.25) is 0 Å². The van der Waals surface area contributed by atoms with Gasteiger partial charge in [0.2, 0.25) is 0 Å². The smallest absolute Gasteiger partial charge is 0.0938 e. The van der Waals surface area contributed by atoms with E-state index < -0.39 is 6.10 Å². The van der Waals surface area contributed by atoms with E-state index in [0.29, 0.717) is 0 Å². The fraction of sp³-hybridized carbons (Fsp3) is 0.455. The van der Waals surface area contributed by atoms with E-state index in [2.05, 4.69) is 0 Å². The second-order valence-electron chi connectivity index (χ2n) is 3.77. The average Bonchev–Trinajstić information content (AvgIpc) is 2.12. The molecule has 0 aliphatic rings. The summed E-state index contributed by atoms with van der Waals surface area (Å²) in [4.78, 5) is 0. The molecule has 2 unspecified atom stereocenters. The van der Waals surface area contributed by atoms with Crippen molar-refractivity contribution in [1.82, 2.24) is 0 Å². The normalized spacial score (nSPS) is 15.3. The van der Waals surface area contributed by atoms with E-state index in [0.717, 1.165) is 21.7 Å². The number of rotatable bonds is 2. The Morgan fingerprint density at radius 1 is 1.29 bits per heavy atom. The maximum atomic E-state index is 9.77. The summed E-state index contributed by atoms with van der Waals surface area (Å²) in [5.74, 6) is 0. The van der Waals surface area contributed by atoms with Gasteiger partial charge < -0.3 is 10.8 Å². The topological polar surface area (TPSA) is 46.2 Å². The molecule has 0 amide bonds. The van der Waals surface area contributed by atoms with Crippen LogP contribution in [-0.4, -0.2) is 11.1 Å². The molecular formula is C11H16ClNO. The van der Waals surface area contributed by atoms with Crippen LogP contribution in [0.3, 0.4) is 0 Å². The molecule has 2 nitrogen and oxygen atoms in total. The van der Waals surface area contributed by atoms with Crippen LogP contribution >= 0.6 is 11.6 Å². The zero-order valence-corrected chi connectivity index (χ0v) is 9.47. The zero-order chi connectivity index (χ0) is 10.9. The highest BCUT2D eigenvalue weighted by atomic mass is 35.5. The highest BCUT2D eigenvalue weighted by molar-refractivity contribution is 6.32. The van der Waals surface area contributed by atoms with Gasteiger partial charge in [0.05, 0.1) is 6.10 Å². The molecule has 0 aliphatic heterocycles. The lowest BCUT2D eigenvalue weighted by molar-refractivity contribution is 0.153. The van der Waals surface area contributed by atoms with Gasteiger partial charge in [-0.25, -0.2) is 0 Å². The van der Waals surface area contributed by atoms with Crippen LogP contribution < -0.4 is 5.73 Å². The van der Waals surface area contributed by atoms with Gasteiger partial charge in [-0.15, -0.1) is 0 Å². The van der Waals surface area contributed by atoms with E-state index in [1.807, 2.05) is 26.0 Å². The maximum Gasteiger partial charge on any atom is 0.0938 e. The van der Waals surface area contributed by atoms with E-state index >= 15 is 0 Å². The van der Waals surface area contributed by atoms with Gasteiger partial charge in [-0.05, 0) is 37.5 Å². The number of nitrogens with two attached hydrogens (primary N) is 1. The molecule has 0 heterocycles. The van der Waals surface area contributed by atoms with Crippen molar-refractivity contribution >= 4 is 11.6 Å². The van der Waals surface area contributed by atoms with E-state index in [9.17, 15) is 5.11 Å². The van der Waals surface area contributed by atoms with Gasteiger partial charge in [-0.1, -0.05) is 23.7 Å². The molecule has 14 heavy (non-hydrogen) atoms. The minimum atomic E-state index is -0.621. The van der Waals surface area contributed by atoms with E-state index in [-0.39, 0.29) is 6.04 Å². The first-order valence-electron chi connectivity index (χ1n) is 4.63. The number of halogens is 1. The van der Waals surface area contributed by atoms with Crippen molar-refractivity contribution in [2.45, 2.75) is 32.9 Å². The summed E-state index contributed by atoms with van der Waals surface area (Å²) in [7, 11) is 0. The SMILES string of the molecule is Cc1cc(C(O)C(C)N)cc(C)c1Cl. The Balaban J connectivity index is 3.12. The van der Waals surface area contributed by atoms with Crippen LogP contribution in [0.4, 0.5) is 0 Å². The van der Waals surface area contributed by atoms with Crippen LogP contribution in [0, 0.1) is 13.8 Å². The van der Waals surface area contributed by atoms with E-state index in [1.54, 1.807) is 6.92 Å². The van der Waals surface area contributed by atoms with Crippen LogP contribution in [0.15, 0.2) is 12.1 Å². The first kappa shape index (κ1) is 11.5. The molecule has 0 fully saturated rings. The van der Waals surface area contributed by atoms with Crippen LogP contribution in [0.5, 0.6) is 0 Å². The van der Waals surface area contributed by atoms with Gasteiger partial charge in [-0.2, -0.15) is 0 Å². The molecule has 3 heteroatoms. The Kier molecular flexibility index (Phi) is 3.53. The summed E-state index contributed by atoms with van der Waals surface area (Å²) in [5.41, 5.74) is 8.40. The van der Waals surface area contributed by atoms with Gasteiger partial charge >= 0.3 is 0 Å². The number of aliphatic hydroxyl groups is 1. The second-order valence-corrected chi connectivity index (χ2v) is 4.15. The quantitative estimate of drug-likeness (QED) is 0.792. The third-order valence-corrected chi connectivity index (χ3v) is 2.89. The Morgan fingerprint density at radius 3 is 2.07 bits per heavy atom. The summed E-state index contributed by atoms with van der Waals surface area (Å²) < 4.78 is 0. The molecule has 1 aromatic rings. The van der Waals surface area contributed by atoms with Crippen LogP contribution in [-0.2, 0) is 0 Å². The van der Waals surface area contributed by atoms with Crippen molar-refractivity contribution in [3.63, 3.8) is 0 Å². The van der Waals surface area contributed by atoms with Crippen LogP contribution in [0.2, 0.25) is 5.02 Å². The third kappa shape index (κ3) is 2.27. The van der Waals surface area contributed by atoms with Crippen molar-refractivity contribution in [3.8, 4) is 0 Å². The summed E-state index contributed by atoms with van der Waals surface area (Å²) in [6.07, 6.45) is -0.621. The molecule has 0 bridgehead atoms. The predicted octanol–water partition coefficient (Wildman–Crippen LogP) is 2.34. The van der Waals surface area contributed by atoms with Crippen molar-refractivity contribution in [2.24, 2.45) is 5.73 Å². The van der Waals surface area contributed by atoms with Gasteiger partial charge in [0.25, 0.3) is 0 Å². The molecule has 78 valence electrons. The van der Waals surface area contributed by atoms with Crippen LogP contribution in [0.25, 0.3) is 0 Å². The fourth-order valence-electron chi connectivity index (χ4n) is 1.45. The molecule has 0 radical (unpaired) electrons. The third-order valence-electron chi connectivity index (χ3n) is 2.30. The van der Waals surface area contributed by atoms with Crippen molar-refractivity contribution < 1.29 is 5.11 Å². The fourth-order valence-corrected chi connectivity index (χ4v) is 1.56. The number of benzene rings is 1. The average molecular weight is 214 g/mol. The molecule has 0 aromatic heterocycles. The standard InChI is InChI=1S/C11H16ClNO/c1-6-4-9(11(14)8(3)13)5-7(2)10(6)12/h4-5,8,11,14H,13H2,1-3H3. The van der Waals surface area contributed by atoms with E-state index in [1.165, 1.54) is 0 Å². The molecular weight excluding hydrogens is 198 g/mol. The molecule has 0 spiro atoms. The molecule has 1 aromatic carbocycles. The lowest BCUT2D eigenvalue weighted by Gasteiger charge is -2.16. The number of hydrogen-bond donors (Lipinski definition) is 2. The molecule has 3 N–H and O–H groups in total. The Hall–Kier alpha value is -0.570. The first-order valence-corrected chi connectivity index (χ1v) is 5.01. The summed E-state index contributed by atoms with van der Waals surface area (Å²) in [5, 5.41) is 10.5. The van der Waals surface area contributed by atoms with Crippen molar-refractivity contribution in [3.05, 3.63) is 33.8 Å². The summed E-state index contributed by atoms with van der Waals surface area (Å²) in [6.45, 7) is 5.63. The predicted molar refractivity (Wildman–Crippen MR) is 59.5 cm³/mol. The van der Waals surface area contributed by atoms with Gasteiger partial charge in [0.1, 0.15) is 0 Å². The minimum absolute atomic E-state index is 0.269. The molecule has 0 aliphatic carbocycles. The lowest BCUT2D eigenvalue weighted by Crippen LogP contribution is -2.24. The molecule has 0 saturated carbocycles. The van der Waals surface area contributed by atoms with Gasteiger partial charge in [0, 0.05) is 11.1 Å². The second kappa shape index (κ2) is 4.30. The monoisotopic (exact) mass is 213 g/mol. The van der Waals surface area contributed by atoms with Crippen molar-refractivity contribution in [1.29, 1.82) is 0 Å². The molecule has 0 saturated heterocycles. The first-order chi connectivity index (χ1) is 6.43. The Morgan fingerprint density at radius 2 is 1.71 bits per heavy atom. The van der Waals surface area contributed by atoms with Crippen LogP contribution in [0.1, 0.15) is 29.7 Å². The Bertz CT molecular complexity index is 313. The Labute approximate surface area is 89.7 Å².